The Labute approximate surface area is 284 Å². The van der Waals surface area contributed by atoms with Gasteiger partial charge in [0, 0.05) is 28.9 Å². The van der Waals surface area contributed by atoms with Crippen LogP contribution in [0.1, 0.15) is 50.7 Å². The zero-order valence-electron chi connectivity index (χ0n) is 26.7. The number of fused-ring (bicyclic) bond motifs is 7. The molecule has 0 fully saturated rings. The monoisotopic (exact) mass is 779 g/mol. The Morgan fingerprint density at radius 1 is 0.783 bits per heavy atom. The molecule has 0 bridgehead atoms. The molecule has 1 aliphatic rings. The zero-order valence-corrected chi connectivity index (χ0v) is 29.1. The fourth-order valence-corrected chi connectivity index (χ4v) is 6.22. The molecule has 5 nitrogen and oxygen atoms in total. The normalized spacial score (nSPS) is 12.8. The van der Waals surface area contributed by atoms with Crippen LogP contribution in [-0.2, 0) is 20.1 Å². The molecule has 1 aliphatic heterocycles. The number of imidazole rings is 1. The van der Waals surface area contributed by atoms with Gasteiger partial charge in [0.1, 0.15) is 0 Å². The van der Waals surface area contributed by atoms with Crippen molar-refractivity contribution in [2.75, 3.05) is 11.9 Å². The standard InChI is InChI=1S/C30H26N3.C10H10N2.Ir/c1-18(2)21-12-7-13-22(19(3)4)29(21)27-17-33-28-16-26-20(9-8-14-31-26)15-25(28)23-10-5-6-11-24(23)30(33)32-27;1-11-7-8-12(9-11)10-5-3-2-4-6-10;/h5-10,12-19H,1-4H3;2-5,7-9H,1H3;/q-1;-2;+3. The van der Waals surface area contributed by atoms with E-state index in [2.05, 4.69) is 104 Å². The number of benzene rings is 4. The van der Waals surface area contributed by atoms with Gasteiger partial charge in [0.25, 0.3) is 0 Å². The van der Waals surface area contributed by atoms with Gasteiger partial charge in [0.15, 0.2) is 0 Å². The van der Waals surface area contributed by atoms with Gasteiger partial charge in [0.2, 0.25) is 0 Å². The van der Waals surface area contributed by atoms with Crippen molar-refractivity contribution in [1.29, 1.82) is 0 Å². The minimum absolute atomic E-state index is 0. The largest absolute Gasteiger partial charge is 3.00 e. The van der Waals surface area contributed by atoms with E-state index in [1.807, 2.05) is 78.5 Å². The van der Waals surface area contributed by atoms with Crippen LogP contribution in [0.3, 0.4) is 0 Å². The molecule has 0 spiro atoms. The Bertz CT molecular complexity index is 2160. The predicted molar refractivity (Wildman–Crippen MR) is 187 cm³/mol. The number of rotatable bonds is 4. The summed E-state index contributed by atoms with van der Waals surface area (Å²) in [6, 6.07) is 36.0. The van der Waals surface area contributed by atoms with E-state index in [0.717, 1.165) is 38.8 Å². The topological polar surface area (TPSA) is 36.7 Å². The Morgan fingerprint density at radius 3 is 2.26 bits per heavy atom. The van der Waals surface area contributed by atoms with Crippen molar-refractivity contribution in [2.24, 2.45) is 0 Å². The summed E-state index contributed by atoms with van der Waals surface area (Å²) in [4.78, 5) is 13.9. The molecule has 0 aliphatic carbocycles. The second kappa shape index (κ2) is 13.1. The molecule has 8 rings (SSSR count). The van der Waals surface area contributed by atoms with Crippen molar-refractivity contribution in [3.63, 3.8) is 0 Å². The van der Waals surface area contributed by atoms with Crippen LogP contribution in [0, 0.1) is 18.8 Å². The maximum Gasteiger partial charge on any atom is 3.00 e. The first-order valence-electron chi connectivity index (χ1n) is 15.5. The summed E-state index contributed by atoms with van der Waals surface area (Å²) in [7, 11) is 2.00. The molecule has 0 N–H and O–H groups in total. The number of pyridine rings is 2. The van der Waals surface area contributed by atoms with Crippen LogP contribution in [0.15, 0.2) is 110 Å². The van der Waals surface area contributed by atoms with E-state index in [1.54, 1.807) is 0 Å². The van der Waals surface area contributed by atoms with Gasteiger partial charge in [-0.15, -0.1) is 35.3 Å². The van der Waals surface area contributed by atoms with Gasteiger partial charge in [0.05, 0.1) is 16.9 Å². The Morgan fingerprint density at radius 2 is 1.57 bits per heavy atom. The van der Waals surface area contributed by atoms with E-state index in [1.165, 1.54) is 27.5 Å². The molecule has 0 unspecified atom stereocenters. The third kappa shape index (κ3) is 5.79. The van der Waals surface area contributed by atoms with Crippen LogP contribution in [0.2, 0.25) is 0 Å². The maximum atomic E-state index is 5.24. The van der Waals surface area contributed by atoms with Crippen molar-refractivity contribution in [1.82, 2.24) is 19.3 Å². The second-order valence-electron chi connectivity index (χ2n) is 12.2. The number of anilines is 1. The molecule has 0 saturated heterocycles. The molecule has 230 valence electrons. The molecular weight excluding hydrogens is 743 g/mol. The summed E-state index contributed by atoms with van der Waals surface area (Å²) >= 11 is 0. The Hall–Kier alpha value is -4.51. The smallest absolute Gasteiger partial charge is 0.510 e. The Kier molecular flexibility index (Phi) is 8.95. The van der Waals surface area contributed by atoms with Gasteiger partial charge >= 0.3 is 20.1 Å². The molecule has 46 heavy (non-hydrogen) atoms. The molecular formula is C40H36IrN5. The van der Waals surface area contributed by atoms with Gasteiger partial charge in [-0.3, -0.25) is 9.97 Å². The number of aromatic nitrogens is 3. The molecule has 0 amide bonds. The first kappa shape index (κ1) is 31.5. The van der Waals surface area contributed by atoms with E-state index in [0.29, 0.717) is 11.8 Å². The van der Waals surface area contributed by atoms with Crippen molar-refractivity contribution >= 4 is 43.9 Å². The van der Waals surface area contributed by atoms with Gasteiger partial charge in [-0.2, -0.15) is 37.0 Å². The van der Waals surface area contributed by atoms with Gasteiger partial charge in [-0.1, -0.05) is 63.4 Å². The van der Waals surface area contributed by atoms with Crippen LogP contribution in [0.5, 0.6) is 0 Å². The van der Waals surface area contributed by atoms with Crippen molar-refractivity contribution < 1.29 is 20.1 Å². The molecule has 0 atom stereocenters. The predicted octanol–water partition coefficient (Wildman–Crippen LogP) is 9.73. The molecule has 7 aromatic rings. The van der Waals surface area contributed by atoms with Gasteiger partial charge < -0.3 is 14.2 Å². The van der Waals surface area contributed by atoms with Gasteiger partial charge in [-0.05, 0) is 59.9 Å². The van der Waals surface area contributed by atoms with E-state index in [-0.39, 0.29) is 20.1 Å². The summed E-state index contributed by atoms with van der Waals surface area (Å²) in [5.74, 6) is 0.827. The molecule has 4 aromatic carbocycles. The number of hydrogen-bond donors (Lipinski definition) is 0. The van der Waals surface area contributed by atoms with E-state index in [4.69, 9.17) is 4.98 Å². The molecule has 3 aromatic heterocycles. The summed E-state index contributed by atoms with van der Waals surface area (Å²) in [6.07, 6.45) is 8.07. The SMILES string of the molecule is CC(C)c1cccc(C(C)C)c1-c1cn2c3cc4ncccc4cc3c3ccc[c-]c3c2n1.CN1C=CN(c2[c-]cccc2)[CH-]1.[Ir+3]. The van der Waals surface area contributed by atoms with Crippen LogP contribution < -0.4 is 4.90 Å². The average molecular weight is 779 g/mol. The minimum Gasteiger partial charge on any atom is -0.510 e. The van der Waals surface area contributed by atoms with Crippen molar-refractivity contribution in [3.8, 4) is 11.3 Å². The number of para-hydroxylation sites is 1. The summed E-state index contributed by atoms with van der Waals surface area (Å²) in [5, 5.41) is 4.55. The summed E-state index contributed by atoms with van der Waals surface area (Å²) < 4.78 is 2.23. The Balaban J connectivity index is 0.000000241. The van der Waals surface area contributed by atoms with E-state index < -0.39 is 0 Å². The maximum absolute atomic E-state index is 5.24. The number of hydrogen-bond acceptors (Lipinski definition) is 4. The minimum atomic E-state index is 0. The van der Waals surface area contributed by atoms with Crippen LogP contribution >= 0.6 is 0 Å². The molecule has 0 saturated carbocycles. The van der Waals surface area contributed by atoms with Crippen LogP contribution in [-0.4, -0.2) is 26.3 Å². The van der Waals surface area contributed by atoms with Crippen LogP contribution in [0.25, 0.3) is 49.5 Å². The van der Waals surface area contributed by atoms with E-state index >= 15 is 0 Å². The fraction of sp³-hybridized carbons (Fsp3) is 0.175. The molecule has 6 heteroatoms. The quantitative estimate of drug-likeness (QED) is 0.101. The molecule has 0 radical (unpaired) electrons. The van der Waals surface area contributed by atoms with Crippen LogP contribution in [0.4, 0.5) is 5.69 Å². The number of nitrogens with zero attached hydrogens (tertiary/aromatic N) is 5. The van der Waals surface area contributed by atoms with Crippen molar-refractivity contribution in [3.05, 3.63) is 140 Å². The van der Waals surface area contributed by atoms with E-state index in [9.17, 15) is 0 Å². The van der Waals surface area contributed by atoms with Crippen molar-refractivity contribution in [2.45, 2.75) is 39.5 Å². The zero-order chi connectivity index (χ0) is 31.1. The second-order valence-corrected chi connectivity index (χ2v) is 12.2. The summed E-state index contributed by atoms with van der Waals surface area (Å²) in [6.45, 7) is 11.0. The first-order chi connectivity index (χ1) is 21.9. The average Bonchev–Trinajstić information content (AvgIpc) is 3.71. The van der Waals surface area contributed by atoms with Gasteiger partial charge in [-0.25, -0.2) is 0 Å². The third-order valence-electron chi connectivity index (χ3n) is 8.42. The summed E-state index contributed by atoms with van der Waals surface area (Å²) in [5.41, 5.74) is 9.09. The fourth-order valence-electron chi connectivity index (χ4n) is 6.22. The third-order valence-corrected chi connectivity index (χ3v) is 8.42. The first-order valence-corrected chi connectivity index (χ1v) is 15.5. The molecule has 4 heterocycles.